The highest BCUT2D eigenvalue weighted by molar-refractivity contribution is 5.89. The minimum atomic E-state index is -0.323. The van der Waals surface area contributed by atoms with Crippen molar-refractivity contribution >= 4 is 23.3 Å². The summed E-state index contributed by atoms with van der Waals surface area (Å²) in [5.74, 6) is 1.11. The summed E-state index contributed by atoms with van der Waals surface area (Å²) in [5.41, 5.74) is 2.63. The van der Waals surface area contributed by atoms with E-state index in [9.17, 15) is 4.79 Å². The maximum atomic E-state index is 11.7. The first kappa shape index (κ1) is 18.4. The van der Waals surface area contributed by atoms with Crippen LogP contribution in [-0.2, 0) is 11.2 Å². The monoisotopic (exact) mass is 362 g/mol. The molecule has 0 bridgehead atoms. The van der Waals surface area contributed by atoms with Crippen molar-refractivity contribution in [2.24, 2.45) is 0 Å². The number of carbonyl (C=O) groups is 1. The van der Waals surface area contributed by atoms with Crippen LogP contribution >= 0.6 is 0 Å². The van der Waals surface area contributed by atoms with Crippen LogP contribution in [0.2, 0.25) is 0 Å². The number of nitrogens with zero attached hydrogens (tertiary/aromatic N) is 2. The quantitative estimate of drug-likeness (QED) is 0.589. The van der Waals surface area contributed by atoms with Crippen molar-refractivity contribution in [2.45, 2.75) is 13.3 Å². The van der Waals surface area contributed by atoms with Gasteiger partial charge in [0.15, 0.2) is 0 Å². The molecule has 2 aromatic carbocycles. The average molecular weight is 362 g/mol. The lowest BCUT2D eigenvalue weighted by molar-refractivity contribution is 0.0526. The van der Waals surface area contributed by atoms with Crippen LogP contribution in [0.1, 0.15) is 22.8 Å². The number of rotatable bonds is 8. The summed E-state index contributed by atoms with van der Waals surface area (Å²) in [6.45, 7) is 2.93. The number of esters is 1. The van der Waals surface area contributed by atoms with Crippen molar-refractivity contribution in [1.29, 1.82) is 0 Å². The smallest absolute Gasteiger partial charge is 0.338 e. The standard InChI is InChI=1S/C21H22N4O2/c1-2-27-21(26)17-8-10-18(11-9-17)25-20-14-19(23-15-24-20)22-13-12-16-6-4-3-5-7-16/h3-11,14-15H,2,12-13H2,1H3,(H2,22,23,24,25). The van der Waals surface area contributed by atoms with Crippen LogP contribution in [0.3, 0.4) is 0 Å². The van der Waals surface area contributed by atoms with E-state index in [-0.39, 0.29) is 5.97 Å². The largest absolute Gasteiger partial charge is 0.462 e. The van der Waals surface area contributed by atoms with Gasteiger partial charge in [-0.3, -0.25) is 0 Å². The molecule has 27 heavy (non-hydrogen) atoms. The van der Waals surface area contributed by atoms with Crippen molar-refractivity contribution in [3.05, 3.63) is 78.1 Å². The molecule has 0 amide bonds. The van der Waals surface area contributed by atoms with Gasteiger partial charge in [0.05, 0.1) is 12.2 Å². The first-order valence-corrected chi connectivity index (χ1v) is 8.88. The molecule has 6 nitrogen and oxygen atoms in total. The minimum Gasteiger partial charge on any atom is -0.462 e. The van der Waals surface area contributed by atoms with Crippen LogP contribution in [0.15, 0.2) is 67.0 Å². The average Bonchev–Trinajstić information content (AvgIpc) is 2.70. The van der Waals surface area contributed by atoms with Gasteiger partial charge >= 0.3 is 5.97 Å². The van der Waals surface area contributed by atoms with E-state index in [2.05, 4.69) is 32.7 Å². The normalized spacial score (nSPS) is 10.3. The number of ether oxygens (including phenoxy) is 1. The van der Waals surface area contributed by atoms with E-state index in [1.54, 1.807) is 19.1 Å². The molecular formula is C21H22N4O2. The summed E-state index contributed by atoms with van der Waals surface area (Å²) < 4.78 is 4.98. The molecule has 0 atom stereocenters. The van der Waals surface area contributed by atoms with Crippen LogP contribution in [0, 0.1) is 0 Å². The maximum Gasteiger partial charge on any atom is 0.338 e. The lowest BCUT2D eigenvalue weighted by atomic mass is 10.1. The number of benzene rings is 2. The Morgan fingerprint density at radius 3 is 2.48 bits per heavy atom. The van der Waals surface area contributed by atoms with Crippen LogP contribution < -0.4 is 10.6 Å². The number of anilines is 3. The molecule has 1 aromatic heterocycles. The van der Waals surface area contributed by atoms with E-state index in [1.807, 2.05) is 36.4 Å². The fourth-order valence-electron chi connectivity index (χ4n) is 2.55. The third-order valence-corrected chi connectivity index (χ3v) is 3.90. The molecule has 6 heteroatoms. The van der Waals surface area contributed by atoms with Crippen LogP contribution in [0.5, 0.6) is 0 Å². The van der Waals surface area contributed by atoms with E-state index in [0.717, 1.165) is 24.5 Å². The first-order valence-electron chi connectivity index (χ1n) is 8.88. The Bertz CT molecular complexity index is 867. The first-order chi connectivity index (χ1) is 13.2. The van der Waals surface area contributed by atoms with Gasteiger partial charge in [-0.2, -0.15) is 0 Å². The Balaban J connectivity index is 1.56. The van der Waals surface area contributed by atoms with Gasteiger partial charge in [-0.15, -0.1) is 0 Å². The molecule has 3 aromatic rings. The van der Waals surface area contributed by atoms with Crippen molar-refractivity contribution in [3.8, 4) is 0 Å². The Kier molecular flexibility index (Phi) is 6.35. The third-order valence-electron chi connectivity index (χ3n) is 3.90. The van der Waals surface area contributed by atoms with Gasteiger partial charge in [-0.25, -0.2) is 14.8 Å². The van der Waals surface area contributed by atoms with Crippen molar-refractivity contribution in [1.82, 2.24) is 9.97 Å². The third kappa shape index (κ3) is 5.54. The number of hydrogen-bond donors (Lipinski definition) is 2. The van der Waals surface area contributed by atoms with Gasteiger partial charge in [-0.05, 0) is 43.2 Å². The minimum absolute atomic E-state index is 0.323. The molecule has 0 spiro atoms. The molecule has 3 rings (SSSR count). The highest BCUT2D eigenvalue weighted by Crippen LogP contribution is 2.17. The Labute approximate surface area is 158 Å². The summed E-state index contributed by atoms with van der Waals surface area (Å²) >= 11 is 0. The molecule has 1 heterocycles. The Morgan fingerprint density at radius 2 is 1.74 bits per heavy atom. The SMILES string of the molecule is CCOC(=O)c1ccc(Nc2cc(NCCc3ccccc3)ncn2)cc1. The van der Waals surface area contributed by atoms with Gasteiger partial charge < -0.3 is 15.4 Å². The van der Waals surface area contributed by atoms with Gasteiger partial charge in [0, 0.05) is 18.3 Å². The molecule has 2 N–H and O–H groups in total. The van der Waals surface area contributed by atoms with Crippen molar-refractivity contribution < 1.29 is 9.53 Å². The summed E-state index contributed by atoms with van der Waals surface area (Å²) in [7, 11) is 0. The fourth-order valence-corrected chi connectivity index (χ4v) is 2.55. The molecule has 0 unspecified atom stereocenters. The highest BCUT2D eigenvalue weighted by atomic mass is 16.5. The van der Waals surface area contributed by atoms with Crippen LogP contribution in [0.25, 0.3) is 0 Å². The van der Waals surface area contributed by atoms with Crippen molar-refractivity contribution in [3.63, 3.8) is 0 Å². The summed E-state index contributed by atoms with van der Waals surface area (Å²) in [4.78, 5) is 20.2. The van der Waals surface area contributed by atoms with E-state index in [1.165, 1.54) is 11.9 Å². The number of aromatic nitrogens is 2. The fraction of sp³-hybridized carbons (Fsp3) is 0.190. The van der Waals surface area contributed by atoms with E-state index >= 15 is 0 Å². The van der Waals surface area contributed by atoms with Crippen LogP contribution in [0.4, 0.5) is 17.3 Å². The Hall–Kier alpha value is -3.41. The zero-order valence-corrected chi connectivity index (χ0v) is 15.2. The number of carbonyl (C=O) groups excluding carboxylic acids is 1. The second-order valence-electron chi connectivity index (χ2n) is 5.87. The Morgan fingerprint density at radius 1 is 1.00 bits per heavy atom. The molecule has 0 saturated carbocycles. The predicted molar refractivity (Wildman–Crippen MR) is 106 cm³/mol. The summed E-state index contributed by atoms with van der Waals surface area (Å²) in [6.07, 6.45) is 2.43. The van der Waals surface area contributed by atoms with E-state index in [0.29, 0.717) is 18.0 Å². The predicted octanol–water partition coefficient (Wildman–Crippen LogP) is 4.05. The molecule has 0 saturated heterocycles. The number of nitrogens with one attached hydrogen (secondary N) is 2. The molecular weight excluding hydrogens is 340 g/mol. The molecule has 0 aliphatic carbocycles. The lowest BCUT2D eigenvalue weighted by Crippen LogP contribution is -2.07. The van der Waals surface area contributed by atoms with Gasteiger partial charge in [-0.1, -0.05) is 30.3 Å². The summed E-state index contributed by atoms with van der Waals surface area (Å²) in [6, 6.07) is 19.2. The molecule has 0 aliphatic rings. The molecule has 138 valence electrons. The van der Waals surface area contributed by atoms with Gasteiger partial charge in [0.25, 0.3) is 0 Å². The molecule has 0 fully saturated rings. The lowest BCUT2D eigenvalue weighted by Gasteiger charge is -2.09. The summed E-state index contributed by atoms with van der Waals surface area (Å²) in [5, 5.41) is 6.51. The van der Waals surface area contributed by atoms with Gasteiger partial charge in [0.2, 0.25) is 0 Å². The zero-order valence-electron chi connectivity index (χ0n) is 15.2. The second kappa shape index (κ2) is 9.33. The second-order valence-corrected chi connectivity index (χ2v) is 5.87. The van der Waals surface area contributed by atoms with E-state index in [4.69, 9.17) is 4.74 Å². The molecule has 0 radical (unpaired) electrons. The van der Waals surface area contributed by atoms with E-state index < -0.39 is 0 Å². The maximum absolute atomic E-state index is 11.7. The zero-order chi connectivity index (χ0) is 18.9. The number of hydrogen-bond acceptors (Lipinski definition) is 6. The topological polar surface area (TPSA) is 76.1 Å². The van der Waals surface area contributed by atoms with Crippen LogP contribution in [-0.4, -0.2) is 29.1 Å². The highest BCUT2D eigenvalue weighted by Gasteiger charge is 2.06. The van der Waals surface area contributed by atoms with Gasteiger partial charge in [0.1, 0.15) is 18.0 Å². The van der Waals surface area contributed by atoms with Crippen molar-refractivity contribution in [2.75, 3.05) is 23.8 Å². The molecule has 0 aliphatic heterocycles.